The van der Waals surface area contributed by atoms with Gasteiger partial charge in [-0.3, -0.25) is 14.4 Å². The summed E-state index contributed by atoms with van der Waals surface area (Å²) in [5, 5.41) is 13.5. The van der Waals surface area contributed by atoms with E-state index in [0.29, 0.717) is 40.6 Å². The zero-order chi connectivity index (χ0) is 31.0. The highest BCUT2D eigenvalue weighted by Gasteiger charge is 2.41. The molecule has 1 saturated heterocycles. The molecule has 0 radical (unpaired) electrons. The number of carbonyl (C=O) groups excluding carboxylic acids is 3. The number of alkyl halides is 3. The number of piperidine rings is 1. The molecule has 0 aromatic heterocycles. The molecule has 15 heteroatoms. The average molecular weight is 648 g/mol. The Bertz CT molecular complexity index is 1380. The number of nitrogens with one attached hydrogen (secondary N) is 2. The van der Waals surface area contributed by atoms with Crippen molar-refractivity contribution in [1.82, 2.24) is 15.5 Å². The Hall–Kier alpha value is -3.42. The molecule has 2 aromatic rings. The summed E-state index contributed by atoms with van der Waals surface area (Å²) in [6, 6.07) is 8.26. The maximum atomic E-state index is 12.9. The molecule has 9 nitrogen and oxygen atoms in total. The lowest BCUT2D eigenvalue weighted by Crippen LogP contribution is -2.52. The van der Waals surface area contributed by atoms with E-state index >= 15 is 0 Å². The van der Waals surface area contributed by atoms with Crippen molar-refractivity contribution in [3.05, 3.63) is 58.1 Å². The van der Waals surface area contributed by atoms with Crippen LogP contribution in [0.25, 0.3) is 6.08 Å². The van der Waals surface area contributed by atoms with E-state index in [-0.39, 0.29) is 17.5 Å². The molecule has 3 rings (SSSR count). The number of carbonyl (C=O) groups is 4. The first-order chi connectivity index (χ1) is 19.8. The predicted octanol–water partition coefficient (Wildman–Crippen LogP) is 4.80. The first-order valence-corrected chi connectivity index (χ1v) is 14.0. The fourth-order valence-electron chi connectivity index (χ4n) is 4.05. The smallest absolute Gasteiger partial charge is 0.471 e. The number of hydrogen-bond acceptors (Lipinski definition) is 6. The summed E-state index contributed by atoms with van der Waals surface area (Å²) in [4.78, 5) is 50.5. The van der Waals surface area contributed by atoms with E-state index in [2.05, 4.69) is 5.32 Å². The molecule has 3 amide bonds. The number of ether oxygens (including phenoxy) is 1. The van der Waals surface area contributed by atoms with E-state index in [1.807, 2.05) is 24.3 Å². The van der Waals surface area contributed by atoms with E-state index in [4.69, 9.17) is 33.0 Å². The second-order valence-corrected chi connectivity index (χ2v) is 11.0. The Balaban J connectivity index is 1.60. The molecule has 0 spiro atoms. The van der Waals surface area contributed by atoms with Gasteiger partial charge in [-0.05, 0) is 42.7 Å². The summed E-state index contributed by atoms with van der Waals surface area (Å²) in [5.41, 5.74) is 0.502. The average Bonchev–Trinajstić information content (AvgIpc) is 2.94. The maximum Gasteiger partial charge on any atom is 0.471 e. The fourth-order valence-corrected chi connectivity index (χ4v) is 5.58. The lowest BCUT2D eigenvalue weighted by atomic mass is 10.0. The van der Waals surface area contributed by atoms with Crippen LogP contribution in [0.1, 0.15) is 24.8 Å². The van der Waals surface area contributed by atoms with Crippen LogP contribution < -0.4 is 15.4 Å². The number of amides is 3. The van der Waals surface area contributed by atoms with Gasteiger partial charge in [-0.2, -0.15) is 13.2 Å². The monoisotopic (exact) mass is 647 g/mol. The van der Waals surface area contributed by atoms with Crippen LogP contribution in [0.3, 0.4) is 0 Å². The number of nitrogens with zero attached hydrogens (tertiary/aromatic N) is 1. The third kappa shape index (κ3) is 9.04. The number of carboxylic acids is 1. The number of halogens is 5. The molecule has 0 bridgehead atoms. The van der Waals surface area contributed by atoms with Crippen LogP contribution in [0.2, 0.25) is 10.0 Å². The number of aliphatic carboxylic acids is 1. The normalized spacial score (nSPS) is 16.1. The standard InChI is InChI=1S/C27H26Cl2F3N3O6S/c1-41-18-6-2-3-7-19(18)42-20-10-8-15(23(28)24(20)29)9-11-22(37)35-12-4-5-16(14-35)33-21(36)13-17(25(38)39)34-26(40)27(30,31)32/h2-3,6-11,16-17H,4-5,12-14H2,1H3,(H,33,36)(H,34,40)(H,38,39)/b11-9+/t16?,17-/m0/s1. The number of rotatable bonds is 10. The largest absolute Gasteiger partial charge is 0.496 e. The zero-order valence-electron chi connectivity index (χ0n) is 22.0. The quantitative estimate of drug-likeness (QED) is 0.317. The number of hydrogen-bond donors (Lipinski definition) is 3. The van der Waals surface area contributed by atoms with Crippen molar-refractivity contribution in [3.8, 4) is 5.75 Å². The minimum atomic E-state index is -5.30. The highest BCUT2D eigenvalue weighted by atomic mass is 35.5. The number of carboxylic acid groups (broad SMARTS) is 1. The highest BCUT2D eigenvalue weighted by molar-refractivity contribution is 7.99. The van der Waals surface area contributed by atoms with E-state index in [9.17, 15) is 32.3 Å². The highest BCUT2D eigenvalue weighted by Crippen LogP contribution is 2.42. The summed E-state index contributed by atoms with van der Waals surface area (Å²) in [6.07, 6.45) is -2.42. The van der Waals surface area contributed by atoms with Crippen molar-refractivity contribution < 1.29 is 42.2 Å². The Morgan fingerprint density at radius 2 is 1.86 bits per heavy atom. The van der Waals surface area contributed by atoms with Crippen LogP contribution in [0.5, 0.6) is 5.75 Å². The van der Waals surface area contributed by atoms with Crippen molar-refractivity contribution >= 4 is 64.7 Å². The first-order valence-electron chi connectivity index (χ1n) is 12.5. The van der Waals surface area contributed by atoms with Crippen molar-refractivity contribution in [2.24, 2.45) is 0 Å². The van der Waals surface area contributed by atoms with Gasteiger partial charge in [0.15, 0.2) is 0 Å². The SMILES string of the molecule is COc1ccccc1Sc1ccc(/C=C/C(=O)N2CCCC(NC(=O)C[C@H](NC(=O)C(F)(F)F)C(=O)O)C2)c(Cl)c1Cl. The minimum absolute atomic E-state index is 0.0878. The van der Waals surface area contributed by atoms with Gasteiger partial charge in [0.1, 0.15) is 11.8 Å². The Morgan fingerprint density at radius 3 is 2.52 bits per heavy atom. The molecule has 0 aliphatic carbocycles. The molecule has 42 heavy (non-hydrogen) atoms. The van der Waals surface area contributed by atoms with Crippen molar-refractivity contribution in [2.45, 2.75) is 47.3 Å². The van der Waals surface area contributed by atoms with Gasteiger partial charge in [-0.25, -0.2) is 4.79 Å². The molecule has 2 atom stereocenters. The third-order valence-corrected chi connectivity index (χ3v) is 8.25. The number of para-hydroxylation sites is 1. The van der Waals surface area contributed by atoms with E-state index in [1.165, 1.54) is 34.1 Å². The van der Waals surface area contributed by atoms with Crippen LogP contribution in [-0.4, -0.2) is 72.2 Å². The van der Waals surface area contributed by atoms with Gasteiger partial charge >= 0.3 is 18.1 Å². The Morgan fingerprint density at radius 1 is 1.14 bits per heavy atom. The van der Waals surface area contributed by atoms with Crippen LogP contribution in [-0.2, 0) is 19.2 Å². The summed E-state index contributed by atoms with van der Waals surface area (Å²) in [6.45, 7) is 0.475. The van der Waals surface area contributed by atoms with Crippen molar-refractivity contribution in [2.75, 3.05) is 20.2 Å². The molecule has 1 fully saturated rings. The van der Waals surface area contributed by atoms with Crippen molar-refractivity contribution in [1.29, 1.82) is 0 Å². The topological polar surface area (TPSA) is 125 Å². The lowest BCUT2D eigenvalue weighted by molar-refractivity contribution is -0.175. The summed E-state index contributed by atoms with van der Waals surface area (Å²) in [7, 11) is 1.57. The van der Waals surface area contributed by atoms with Crippen LogP contribution >= 0.6 is 35.0 Å². The molecule has 1 heterocycles. The van der Waals surface area contributed by atoms with Crippen molar-refractivity contribution in [3.63, 3.8) is 0 Å². The second kappa shape index (κ2) is 14.7. The minimum Gasteiger partial charge on any atom is -0.496 e. The van der Waals surface area contributed by atoms with Gasteiger partial charge in [0.25, 0.3) is 0 Å². The van der Waals surface area contributed by atoms with Gasteiger partial charge in [0, 0.05) is 30.1 Å². The summed E-state index contributed by atoms with van der Waals surface area (Å²) >= 11 is 14.4. The van der Waals surface area contributed by atoms with E-state index < -0.39 is 42.5 Å². The summed E-state index contributed by atoms with van der Waals surface area (Å²) < 4.78 is 42.8. The van der Waals surface area contributed by atoms with Gasteiger partial charge in [0.05, 0.1) is 28.5 Å². The lowest BCUT2D eigenvalue weighted by Gasteiger charge is -2.32. The second-order valence-electron chi connectivity index (χ2n) is 9.12. The molecular weight excluding hydrogens is 622 g/mol. The Labute approximate surface area is 253 Å². The molecule has 1 aliphatic heterocycles. The first kappa shape index (κ1) is 33.1. The van der Waals surface area contributed by atoms with Crippen LogP contribution in [0, 0.1) is 0 Å². The maximum absolute atomic E-state index is 12.9. The molecule has 3 N–H and O–H groups in total. The van der Waals surface area contributed by atoms with Gasteiger partial charge in [-0.1, -0.05) is 53.2 Å². The van der Waals surface area contributed by atoms with Gasteiger partial charge in [-0.15, -0.1) is 0 Å². The van der Waals surface area contributed by atoms with Crippen LogP contribution in [0.15, 0.2) is 52.3 Å². The molecule has 2 aromatic carbocycles. The molecule has 1 aliphatic rings. The van der Waals surface area contributed by atoms with Gasteiger partial charge in [0.2, 0.25) is 11.8 Å². The zero-order valence-corrected chi connectivity index (χ0v) is 24.4. The number of benzene rings is 2. The van der Waals surface area contributed by atoms with Crippen LogP contribution in [0.4, 0.5) is 13.2 Å². The molecule has 226 valence electrons. The third-order valence-electron chi connectivity index (χ3n) is 6.12. The fraction of sp³-hybridized carbons (Fsp3) is 0.333. The number of likely N-dealkylation sites (tertiary alicyclic amines) is 1. The predicted molar refractivity (Wildman–Crippen MR) is 151 cm³/mol. The van der Waals surface area contributed by atoms with Gasteiger partial charge < -0.3 is 25.4 Å². The Kier molecular flexibility index (Phi) is 11.5. The summed E-state index contributed by atoms with van der Waals surface area (Å²) in [5.74, 6) is -4.84. The molecule has 1 unspecified atom stereocenters. The van der Waals surface area contributed by atoms with E-state index in [1.54, 1.807) is 19.2 Å². The molecular formula is C27H26Cl2F3N3O6S. The number of methoxy groups -OCH3 is 1. The van der Waals surface area contributed by atoms with E-state index in [0.717, 1.165) is 4.90 Å². The molecule has 0 saturated carbocycles.